The van der Waals surface area contributed by atoms with E-state index in [1.807, 2.05) is 56.3 Å². The van der Waals surface area contributed by atoms with Gasteiger partial charge in [0.25, 0.3) is 0 Å². The number of thiophene rings is 1. The number of nitrogens with two attached hydrogens (primary N) is 1. The minimum Gasteiger partial charge on any atom is -0.325 e. The van der Waals surface area contributed by atoms with Gasteiger partial charge in [-0.15, -0.1) is 11.3 Å². The predicted molar refractivity (Wildman–Crippen MR) is 138 cm³/mol. The van der Waals surface area contributed by atoms with Crippen molar-refractivity contribution in [3.8, 4) is 10.4 Å². The fourth-order valence-electron chi connectivity index (χ4n) is 2.70. The van der Waals surface area contributed by atoms with Crippen molar-refractivity contribution in [1.82, 2.24) is 5.43 Å². The molecule has 0 atom stereocenters. The molecule has 5 nitrogen and oxygen atoms in total. The smallest absolute Gasteiger partial charge is 0.175 e. The second-order valence-corrected chi connectivity index (χ2v) is 11.3. The lowest BCUT2D eigenvalue weighted by molar-refractivity contribution is 0.527. The average molecular weight is 470 g/mol. The molecular formula is C25H31N3O2S2. The van der Waals surface area contributed by atoms with E-state index in [1.54, 1.807) is 29.5 Å². The van der Waals surface area contributed by atoms with Crippen molar-refractivity contribution < 1.29 is 8.42 Å². The van der Waals surface area contributed by atoms with Crippen LogP contribution in [0.3, 0.4) is 0 Å². The zero-order chi connectivity index (χ0) is 23.8. The molecule has 0 spiro atoms. The topological polar surface area (TPSA) is 84.5 Å². The summed E-state index contributed by atoms with van der Waals surface area (Å²) < 4.78 is 23.5. The first kappa shape index (κ1) is 25.5. The van der Waals surface area contributed by atoms with E-state index in [0.29, 0.717) is 11.3 Å². The van der Waals surface area contributed by atoms with Crippen molar-refractivity contribution >= 4 is 33.6 Å². The molecule has 0 saturated carbocycles. The Morgan fingerprint density at radius 1 is 1.12 bits per heavy atom. The predicted octanol–water partition coefficient (Wildman–Crippen LogP) is 5.49. The van der Waals surface area contributed by atoms with Crippen LogP contribution in [0.2, 0.25) is 0 Å². The van der Waals surface area contributed by atoms with E-state index >= 15 is 0 Å². The van der Waals surface area contributed by atoms with Gasteiger partial charge in [-0.2, -0.15) is 5.10 Å². The normalized spacial score (nSPS) is 12.0. The molecule has 0 radical (unpaired) electrons. The maximum absolute atomic E-state index is 11.7. The van der Waals surface area contributed by atoms with Crippen LogP contribution in [-0.2, 0) is 9.84 Å². The van der Waals surface area contributed by atoms with Gasteiger partial charge in [-0.05, 0) is 57.0 Å². The molecule has 170 valence electrons. The van der Waals surface area contributed by atoms with Crippen LogP contribution >= 0.6 is 11.3 Å². The van der Waals surface area contributed by atoms with Gasteiger partial charge in [0.1, 0.15) is 0 Å². The Kier molecular flexibility index (Phi) is 8.95. The summed E-state index contributed by atoms with van der Waals surface area (Å²) in [5, 5.41) is 3.76. The minimum absolute atomic E-state index is 0.312. The summed E-state index contributed by atoms with van der Waals surface area (Å²) in [6, 6.07) is 21.1. The number of nitrogens with one attached hydrogen (secondary N) is 1. The number of sulfone groups is 1. The zero-order valence-electron chi connectivity index (χ0n) is 19.0. The molecule has 32 heavy (non-hydrogen) atoms. The first-order chi connectivity index (χ1) is 15.0. The molecule has 0 saturated heterocycles. The molecule has 0 aliphatic carbocycles. The second-order valence-electron chi connectivity index (χ2n) is 8.20. The van der Waals surface area contributed by atoms with Crippen LogP contribution in [0.25, 0.3) is 16.1 Å². The monoisotopic (exact) mass is 469 g/mol. The van der Waals surface area contributed by atoms with Crippen molar-refractivity contribution in [2.45, 2.75) is 37.6 Å². The van der Waals surface area contributed by atoms with E-state index in [9.17, 15) is 8.42 Å². The minimum atomic E-state index is -3.23. The summed E-state index contributed by atoms with van der Waals surface area (Å²) in [6.45, 7) is 9.48. The first-order valence-electron chi connectivity index (χ1n) is 10.1. The van der Waals surface area contributed by atoms with Crippen LogP contribution in [-0.4, -0.2) is 26.9 Å². The Hall–Kier alpha value is -2.74. The van der Waals surface area contributed by atoms with Crippen LogP contribution in [0.5, 0.6) is 0 Å². The van der Waals surface area contributed by atoms with Crippen LogP contribution in [0, 0.1) is 6.92 Å². The zero-order valence-corrected chi connectivity index (χ0v) is 20.6. The number of hydrazone groups is 1. The van der Waals surface area contributed by atoms with Crippen molar-refractivity contribution in [2.24, 2.45) is 10.8 Å². The Morgan fingerprint density at radius 2 is 1.81 bits per heavy atom. The highest BCUT2D eigenvalue weighted by atomic mass is 32.2. The van der Waals surface area contributed by atoms with Gasteiger partial charge in [-0.25, -0.2) is 8.42 Å². The van der Waals surface area contributed by atoms with Crippen LogP contribution in [0.4, 0.5) is 0 Å². The Balaban J connectivity index is 0.000000439. The lowest BCUT2D eigenvalue weighted by Gasteiger charge is -2.16. The quantitative estimate of drug-likeness (QED) is 0.354. The first-order valence-corrected chi connectivity index (χ1v) is 12.8. The molecule has 3 N–H and O–H groups in total. The molecule has 0 aliphatic heterocycles. The van der Waals surface area contributed by atoms with Crippen molar-refractivity contribution in [3.63, 3.8) is 0 Å². The largest absolute Gasteiger partial charge is 0.325 e. The molecule has 3 rings (SSSR count). The van der Waals surface area contributed by atoms with E-state index in [0.717, 1.165) is 21.0 Å². The van der Waals surface area contributed by atoms with E-state index in [4.69, 9.17) is 5.73 Å². The Bertz CT molecular complexity index is 1160. The van der Waals surface area contributed by atoms with E-state index in [1.165, 1.54) is 11.8 Å². The SMILES string of the molecule is C=NN/C(=C\CC(C)(C)N)c1ccc(-c2cccc(S(C)(=O)=O)c2)s1.Cc1ccccc1. The summed E-state index contributed by atoms with van der Waals surface area (Å²) in [5.74, 6) is 0. The number of rotatable bonds is 7. The lowest BCUT2D eigenvalue weighted by Crippen LogP contribution is -2.31. The maximum Gasteiger partial charge on any atom is 0.175 e. The number of hydrogen-bond donors (Lipinski definition) is 2. The van der Waals surface area contributed by atoms with Gasteiger partial charge >= 0.3 is 0 Å². The van der Waals surface area contributed by atoms with Gasteiger partial charge in [0, 0.05) is 23.4 Å². The van der Waals surface area contributed by atoms with E-state index < -0.39 is 9.84 Å². The fraction of sp³-hybridized carbons (Fsp3) is 0.240. The van der Waals surface area contributed by atoms with Gasteiger partial charge in [-0.1, -0.05) is 54.1 Å². The number of nitrogens with zero attached hydrogens (tertiary/aromatic N) is 1. The summed E-state index contributed by atoms with van der Waals surface area (Å²) in [5.41, 5.74) is 11.6. The van der Waals surface area contributed by atoms with Crippen molar-refractivity contribution in [1.29, 1.82) is 0 Å². The van der Waals surface area contributed by atoms with Crippen LogP contribution in [0.1, 0.15) is 30.7 Å². The summed E-state index contributed by atoms with van der Waals surface area (Å²) in [7, 11) is -3.23. The molecule has 2 aromatic carbocycles. The number of benzene rings is 2. The van der Waals surface area contributed by atoms with Gasteiger partial charge in [0.2, 0.25) is 0 Å². The highest BCUT2D eigenvalue weighted by Gasteiger charge is 2.13. The lowest BCUT2D eigenvalue weighted by atomic mass is 10.0. The molecule has 0 amide bonds. The molecule has 0 fully saturated rings. The summed E-state index contributed by atoms with van der Waals surface area (Å²) >= 11 is 1.55. The molecule has 1 aromatic heterocycles. The molecule has 0 aliphatic rings. The Labute approximate surface area is 195 Å². The molecular weight excluding hydrogens is 438 g/mol. The average Bonchev–Trinajstić information content (AvgIpc) is 3.21. The molecule has 3 aromatic rings. The highest BCUT2D eigenvalue weighted by molar-refractivity contribution is 7.90. The molecule has 0 unspecified atom stereocenters. The van der Waals surface area contributed by atoms with Gasteiger partial charge in [-0.3, -0.25) is 5.43 Å². The van der Waals surface area contributed by atoms with Crippen LogP contribution in [0.15, 0.2) is 82.8 Å². The molecule has 1 heterocycles. The van der Waals surface area contributed by atoms with Crippen molar-refractivity contribution in [2.75, 3.05) is 6.26 Å². The van der Waals surface area contributed by atoms with Gasteiger partial charge in [0.05, 0.1) is 15.5 Å². The Morgan fingerprint density at radius 3 is 2.34 bits per heavy atom. The number of aryl methyl sites for hydroxylation is 1. The number of hydrogen-bond acceptors (Lipinski definition) is 6. The summed E-state index contributed by atoms with van der Waals surface area (Å²) in [4.78, 5) is 2.27. The molecule has 0 bridgehead atoms. The van der Waals surface area contributed by atoms with Gasteiger partial charge in [0.15, 0.2) is 9.84 Å². The third-order valence-corrected chi connectivity index (χ3v) is 6.67. The fourth-order valence-corrected chi connectivity index (χ4v) is 4.36. The maximum atomic E-state index is 11.7. The third-order valence-electron chi connectivity index (χ3n) is 4.39. The third kappa shape index (κ3) is 8.42. The van der Waals surface area contributed by atoms with Crippen LogP contribution < -0.4 is 11.2 Å². The van der Waals surface area contributed by atoms with E-state index in [2.05, 4.69) is 36.3 Å². The highest BCUT2D eigenvalue weighted by Crippen LogP contribution is 2.32. The standard InChI is InChI=1S/C18H23N3O2S2.C7H8/c1-18(2,19)11-10-15(21-20-3)17-9-8-16(24-17)13-6-5-7-14(12-13)25(4,22)23;1-7-5-3-2-4-6-7/h5-10,12,21H,3,11,19H2,1-2,4H3;2-6H,1H3/b15-10-;. The van der Waals surface area contributed by atoms with E-state index in [-0.39, 0.29) is 5.54 Å². The van der Waals surface area contributed by atoms with Crippen molar-refractivity contribution in [3.05, 3.63) is 83.2 Å². The van der Waals surface area contributed by atoms with Gasteiger partial charge < -0.3 is 5.73 Å². The second kappa shape index (κ2) is 11.2. The summed E-state index contributed by atoms with van der Waals surface area (Å²) in [6.07, 6.45) is 3.89. The molecule has 7 heteroatoms.